The maximum atomic E-state index is 13.6. The van der Waals surface area contributed by atoms with Gasteiger partial charge in [0, 0.05) is 30.9 Å². The molecule has 1 atom stereocenters. The zero-order valence-corrected chi connectivity index (χ0v) is 20.8. The van der Waals surface area contributed by atoms with Crippen LogP contribution >= 0.6 is 0 Å². The topological polar surface area (TPSA) is 72.8 Å². The number of hydrogen-bond acceptors (Lipinski definition) is 5. The second-order valence-electron chi connectivity index (χ2n) is 9.68. The van der Waals surface area contributed by atoms with Crippen molar-refractivity contribution in [1.29, 1.82) is 0 Å². The second-order valence-corrected chi connectivity index (χ2v) is 9.68. The van der Waals surface area contributed by atoms with Crippen LogP contribution in [0.3, 0.4) is 0 Å². The fraction of sp³-hybridized carbons (Fsp3) is 0.267. The van der Waals surface area contributed by atoms with E-state index in [0.29, 0.717) is 24.5 Å². The van der Waals surface area contributed by atoms with Gasteiger partial charge in [0.15, 0.2) is 0 Å². The number of hydrogen-bond donors (Lipinski definition) is 1. The van der Waals surface area contributed by atoms with Gasteiger partial charge >= 0.3 is 0 Å². The standard InChI is InChI=1S/C30H29N3O4/c1-36-25-8-9-26-23(15-25)16-27-30(35)32(19-29(34)33(26)27)18-24(14-20-5-3-2-4-6-20)31-17-21-7-10-28-22(13-21)11-12-37-28/h2-10,13,15-16,24,31H,11-12,14,17-19H2,1H3/t24-/m0/s1. The summed E-state index contributed by atoms with van der Waals surface area (Å²) in [5.74, 6) is 1.42. The Labute approximate surface area is 215 Å². The molecule has 0 saturated carbocycles. The summed E-state index contributed by atoms with van der Waals surface area (Å²) in [6.45, 7) is 1.88. The number of aromatic nitrogens is 1. The second kappa shape index (κ2) is 9.75. The number of ether oxygens (including phenoxy) is 2. The SMILES string of the molecule is COc1ccc2c(c1)cc1n2C(=O)CN(C[C@H](Cc2ccccc2)NCc2ccc3c(c2)CCO3)C1=O. The third kappa shape index (κ3) is 4.58. The molecule has 7 heteroatoms. The number of methoxy groups -OCH3 is 1. The number of benzene rings is 3. The first kappa shape index (κ1) is 23.3. The largest absolute Gasteiger partial charge is 0.497 e. The Kier molecular flexibility index (Phi) is 6.14. The fourth-order valence-corrected chi connectivity index (χ4v) is 5.34. The van der Waals surface area contributed by atoms with Gasteiger partial charge in [-0.2, -0.15) is 0 Å². The Balaban J connectivity index is 1.24. The maximum Gasteiger partial charge on any atom is 0.271 e. The molecule has 7 nitrogen and oxygen atoms in total. The molecular weight excluding hydrogens is 466 g/mol. The Morgan fingerprint density at radius 3 is 2.70 bits per heavy atom. The molecule has 0 unspecified atom stereocenters. The highest BCUT2D eigenvalue weighted by Crippen LogP contribution is 2.28. The van der Waals surface area contributed by atoms with Crippen LogP contribution in [0.1, 0.15) is 32.0 Å². The summed E-state index contributed by atoms with van der Waals surface area (Å²) in [7, 11) is 1.60. The van der Waals surface area contributed by atoms with Crippen molar-refractivity contribution >= 4 is 22.7 Å². The molecule has 6 rings (SSSR count). The monoisotopic (exact) mass is 495 g/mol. The number of nitrogens with zero attached hydrogens (tertiary/aromatic N) is 2. The summed E-state index contributed by atoms with van der Waals surface area (Å²) in [6, 6.07) is 23.8. The molecule has 0 saturated heterocycles. The summed E-state index contributed by atoms with van der Waals surface area (Å²) in [4.78, 5) is 28.4. The van der Waals surface area contributed by atoms with Crippen LogP contribution in [0.4, 0.5) is 0 Å². The summed E-state index contributed by atoms with van der Waals surface area (Å²) in [6.07, 6.45) is 1.67. The molecule has 1 N–H and O–H groups in total. The Bertz CT molecular complexity index is 1480. The lowest BCUT2D eigenvalue weighted by atomic mass is 10.0. The lowest BCUT2D eigenvalue weighted by Gasteiger charge is -2.31. The highest BCUT2D eigenvalue weighted by molar-refractivity contribution is 6.09. The first-order valence-electron chi connectivity index (χ1n) is 12.6. The normalized spacial score (nSPS) is 15.4. The molecule has 1 amide bonds. The van der Waals surface area contributed by atoms with E-state index >= 15 is 0 Å². The van der Waals surface area contributed by atoms with Crippen molar-refractivity contribution in [3.8, 4) is 11.5 Å². The van der Waals surface area contributed by atoms with Crippen LogP contribution < -0.4 is 14.8 Å². The Morgan fingerprint density at radius 1 is 1.00 bits per heavy atom. The molecule has 37 heavy (non-hydrogen) atoms. The molecule has 4 aromatic rings. The fourth-order valence-electron chi connectivity index (χ4n) is 5.34. The van der Waals surface area contributed by atoms with E-state index in [1.54, 1.807) is 22.6 Å². The number of amides is 1. The number of carbonyl (C=O) groups excluding carboxylic acids is 2. The first-order chi connectivity index (χ1) is 18.1. The van der Waals surface area contributed by atoms with Gasteiger partial charge in [-0.1, -0.05) is 42.5 Å². The van der Waals surface area contributed by atoms with E-state index in [4.69, 9.17) is 9.47 Å². The molecule has 3 heterocycles. The van der Waals surface area contributed by atoms with Gasteiger partial charge in [-0.25, -0.2) is 0 Å². The molecule has 3 aromatic carbocycles. The van der Waals surface area contributed by atoms with E-state index in [0.717, 1.165) is 36.1 Å². The summed E-state index contributed by atoms with van der Waals surface area (Å²) >= 11 is 0. The highest BCUT2D eigenvalue weighted by Gasteiger charge is 2.33. The predicted octanol–water partition coefficient (Wildman–Crippen LogP) is 4.08. The summed E-state index contributed by atoms with van der Waals surface area (Å²) in [5, 5.41) is 4.47. The average Bonchev–Trinajstić information content (AvgIpc) is 3.55. The van der Waals surface area contributed by atoms with Gasteiger partial charge in [0.25, 0.3) is 11.8 Å². The minimum Gasteiger partial charge on any atom is -0.497 e. The molecule has 0 aliphatic carbocycles. The van der Waals surface area contributed by atoms with Crippen LogP contribution in [0.2, 0.25) is 0 Å². The molecule has 2 aliphatic rings. The minimum atomic E-state index is -0.135. The lowest BCUT2D eigenvalue weighted by Crippen LogP contribution is -2.50. The third-order valence-electron chi connectivity index (χ3n) is 7.21. The van der Waals surface area contributed by atoms with E-state index in [9.17, 15) is 9.59 Å². The summed E-state index contributed by atoms with van der Waals surface area (Å²) < 4.78 is 12.5. The molecule has 188 valence electrons. The van der Waals surface area contributed by atoms with Crippen molar-refractivity contribution in [2.75, 3.05) is 26.8 Å². The van der Waals surface area contributed by atoms with Gasteiger partial charge in [0.1, 0.15) is 23.7 Å². The van der Waals surface area contributed by atoms with Crippen molar-refractivity contribution in [3.63, 3.8) is 0 Å². The highest BCUT2D eigenvalue weighted by atomic mass is 16.5. The Hall–Kier alpha value is -4.10. The number of carbonyl (C=O) groups is 2. The minimum absolute atomic E-state index is 0.0281. The number of fused-ring (bicyclic) bond motifs is 4. The van der Waals surface area contributed by atoms with E-state index in [2.05, 4.69) is 29.6 Å². The molecule has 2 aliphatic heterocycles. The van der Waals surface area contributed by atoms with Crippen LogP contribution in [0.25, 0.3) is 10.9 Å². The van der Waals surface area contributed by atoms with Crippen molar-refractivity contribution in [2.24, 2.45) is 0 Å². The molecule has 0 bridgehead atoms. The van der Waals surface area contributed by atoms with Crippen LogP contribution in [0.5, 0.6) is 11.5 Å². The Morgan fingerprint density at radius 2 is 1.86 bits per heavy atom. The zero-order chi connectivity index (χ0) is 25.4. The van der Waals surface area contributed by atoms with Gasteiger partial charge in [0.05, 0.1) is 19.2 Å². The average molecular weight is 496 g/mol. The molecule has 1 aromatic heterocycles. The van der Waals surface area contributed by atoms with Crippen LogP contribution in [-0.2, 0) is 19.4 Å². The van der Waals surface area contributed by atoms with Gasteiger partial charge in [0.2, 0.25) is 0 Å². The van der Waals surface area contributed by atoms with Crippen molar-refractivity contribution < 1.29 is 19.1 Å². The van der Waals surface area contributed by atoms with Gasteiger partial charge in [-0.15, -0.1) is 0 Å². The van der Waals surface area contributed by atoms with Gasteiger partial charge < -0.3 is 19.7 Å². The van der Waals surface area contributed by atoms with Gasteiger partial charge in [-0.3, -0.25) is 14.2 Å². The van der Waals surface area contributed by atoms with E-state index in [1.807, 2.05) is 42.5 Å². The number of rotatable bonds is 8. The smallest absolute Gasteiger partial charge is 0.271 e. The molecular formula is C30H29N3O4. The van der Waals surface area contributed by atoms with Crippen molar-refractivity contribution in [3.05, 3.63) is 95.2 Å². The van der Waals surface area contributed by atoms with Crippen LogP contribution in [0, 0.1) is 0 Å². The van der Waals surface area contributed by atoms with Crippen LogP contribution in [0.15, 0.2) is 72.8 Å². The van der Waals surface area contributed by atoms with E-state index < -0.39 is 0 Å². The molecule has 0 spiro atoms. The van der Waals surface area contributed by atoms with Crippen molar-refractivity contribution in [1.82, 2.24) is 14.8 Å². The first-order valence-corrected chi connectivity index (χ1v) is 12.6. The van der Waals surface area contributed by atoms with E-state index in [1.165, 1.54) is 16.7 Å². The molecule has 0 fully saturated rings. The van der Waals surface area contributed by atoms with Gasteiger partial charge in [-0.05, 0) is 53.4 Å². The van der Waals surface area contributed by atoms with Crippen molar-refractivity contribution in [2.45, 2.75) is 25.4 Å². The zero-order valence-electron chi connectivity index (χ0n) is 20.8. The molecule has 0 radical (unpaired) electrons. The quantitative estimate of drug-likeness (QED) is 0.399. The summed E-state index contributed by atoms with van der Waals surface area (Å²) in [5.41, 5.74) is 4.72. The third-order valence-corrected chi connectivity index (χ3v) is 7.21. The van der Waals surface area contributed by atoms with E-state index in [-0.39, 0.29) is 24.4 Å². The van der Waals surface area contributed by atoms with Crippen LogP contribution in [-0.4, -0.2) is 54.1 Å². The maximum absolute atomic E-state index is 13.6. The lowest BCUT2D eigenvalue weighted by molar-refractivity contribution is 0.0608. The number of nitrogens with one attached hydrogen (secondary N) is 1. The predicted molar refractivity (Wildman–Crippen MR) is 141 cm³/mol.